The smallest absolute Gasteiger partial charge is 0.140 e. The number of rotatable bonds is 5. The van der Waals surface area contributed by atoms with Gasteiger partial charge in [-0.2, -0.15) is 11.8 Å². The van der Waals surface area contributed by atoms with Crippen molar-refractivity contribution in [3.05, 3.63) is 22.7 Å². The molecule has 0 saturated heterocycles. The van der Waals surface area contributed by atoms with Crippen molar-refractivity contribution in [2.75, 3.05) is 12.4 Å². The van der Waals surface area contributed by atoms with Crippen LogP contribution < -0.4 is 0 Å². The van der Waals surface area contributed by atoms with Gasteiger partial charge in [0.25, 0.3) is 0 Å². The van der Waals surface area contributed by atoms with E-state index in [0.29, 0.717) is 5.15 Å². The Bertz CT molecular complexity index is 276. The molecule has 1 aromatic heterocycles. The minimum Gasteiger partial charge on any atom is -0.396 e. The van der Waals surface area contributed by atoms with Crippen molar-refractivity contribution in [1.82, 2.24) is 9.97 Å². The lowest BCUT2D eigenvalue weighted by molar-refractivity contribution is 0.296. The van der Waals surface area contributed by atoms with Crippen LogP contribution in [0, 0.1) is 6.92 Å². The maximum absolute atomic E-state index is 8.59. The summed E-state index contributed by atoms with van der Waals surface area (Å²) >= 11 is 7.49. The summed E-state index contributed by atoms with van der Waals surface area (Å²) in [6.45, 7) is 2.14. The van der Waals surface area contributed by atoms with Gasteiger partial charge in [0, 0.05) is 12.3 Å². The lowest BCUT2D eigenvalue weighted by Gasteiger charge is -2.01. The highest BCUT2D eigenvalue weighted by Gasteiger charge is 2.00. The Hall–Kier alpha value is -0.320. The SMILES string of the molecule is Cc1cc(Cl)nc(CSCCCO)n1. The van der Waals surface area contributed by atoms with Crippen LogP contribution in [0.1, 0.15) is 17.9 Å². The quantitative estimate of drug-likeness (QED) is 0.624. The maximum atomic E-state index is 8.59. The first kappa shape index (κ1) is 11.8. The fourth-order valence-electron chi connectivity index (χ4n) is 0.983. The maximum Gasteiger partial charge on any atom is 0.140 e. The predicted molar refractivity (Wildman–Crippen MR) is 59.6 cm³/mol. The second kappa shape index (κ2) is 6.22. The minimum atomic E-state index is 0.239. The van der Waals surface area contributed by atoms with E-state index in [2.05, 4.69) is 9.97 Å². The highest BCUT2D eigenvalue weighted by molar-refractivity contribution is 7.98. The average molecular weight is 233 g/mol. The second-order valence-corrected chi connectivity index (χ2v) is 4.37. The van der Waals surface area contributed by atoms with E-state index in [1.807, 2.05) is 6.92 Å². The lowest BCUT2D eigenvalue weighted by Crippen LogP contribution is -1.96. The molecule has 0 aromatic carbocycles. The number of thioether (sulfide) groups is 1. The molecule has 0 amide bonds. The van der Waals surface area contributed by atoms with Crippen molar-refractivity contribution in [2.24, 2.45) is 0 Å². The molecule has 3 nitrogen and oxygen atoms in total. The van der Waals surface area contributed by atoms with Gasteiger partial charge in [-0.05, 0) is 25.2 Å². The summed E-state index contributed by atoms with van der Waals surface area (Å²) in [4.78, 5) is 8.36. The van der Waals surface area contributed by atoms with Gasteiger partial charge in [-0.3, -0.25) is 0 Å². The molecule has 14 heavy (non-hydrogen) atoms. The summed E-state index contributed by atoms with van der Waals surface area (Å²) in [5, 5.41) is 9.08. The molecule has 5 heteroatoms. The normalized spacial score (nSPS) is 10.5. The molecule has 0 radical (unpaired) electrons. The second-order valence-electron chi connectivity index (χ2n) is 2.88. The number of aliphatic hydroxyl groups excluding tert-OH is 1. The Morgan fingerprint density at radius 3 is 2.93 bits per heavy atom. The van der Waals surface area contributed by atoms with Crippen molar-refractivity contribution in [3.63, 3.8) is 0 Å². The molecule has 0 aliphatic carbocycles. The van der Waals surface area contributed by atoms with Crippen LogP contribution in [0.2, 0.25) is 5.15 Å². The van der Waals surface area contributed by atoms with Crippen LogP contribution in [0.3, 0.4) is 0 Å². The third kappa shape index (κ3) is 4.26. The van der Waals surface area contributed by atoms with Gasteiger partial charge in [0.05, 0.1) is 5.75 Å². The van der Waals surface area contributed by atoms with Crippen LogP contribution in [0.5, 0.6) is 0 Å². The zero-order valence-corrected chi connectivity index (χ0v) is 9.61. The van der Waals surface area contributed by atoms with E-state index < -0.39 is 0 Å². The average Bonchev–Trinajstić information content (AvgIpc) is 2.11. The van der Waals surface area contributed by atoms with Crippen LogP contribution in [0.4, 0.5) is 0 Å². The van der Waals surface area contributed by atoms with Crippen LogP contribution in [-0.4, -0.2) is 27.4 Å². The topological polar surface area (TPSA) is 46.0 Å². The molecule has 1 aromatic rings. The number of nitrogens with zero attached hydrogens (tertiary/aromatic N) is 2. The first-order chi connectivity index (χ1) is 6.72. The van der Waals surface area contributed by atoms with Crippen molar-refractivity contribution < 1.29 is 5.11 Å². The van der Waals surface area contributed by atoms with Crippen molar-refractivity contribution in [2.45, 2.75) is 19.1 Å². The number of hydrogen-bond donors (Lipinski definition) is 1. The van der Waals surface area contributed by atoms with Gasteiger partial charge < -0.3 is 5.11 Å². The monoisotopic (exact) mass is 232 g/mol. The third-order valence-electron chi connectivity index (χ3n) is 1.55. The number of aliphatic hydroxyl groups is 1. The first-order valence-corrected chi connectivity index (χ1v) is 5.94. The molecule has 78 valence electrons. The van der Waals surface area contributed by atoms with Crippen LogP contribution >= 0.6 is 23.4 Å². The first-order valence-electron chi connectivity index (χ1n) is 4.41. The van der Waals surface area contributed by atoms with Crippen molar-refractivity contribution in [1.29, 1.82) is 0 Å². The van der Waals surface area contributed by atoms with E-state index >= 15 is 0 Å². The van der Waals surface area contributed by atoms with Crippen LogP contribution in [0.25, 0.3) is 0 Å². The Labute approximate surface area is 92.9 Å². The van der Waals surface area contributed by atoms with Gasteiger partial charge in [-0.25, -0.2) is 9.97 Å². The summed E-state index contributed by atoms with van der Waals surface area (Å²) in [5.41, 5.74) is 0.891. The van der Waals surface area contributed by atoms with E-state index in [0.717, 1.165) is 29.4 Å². The molecule has 1 N–H and O–H groups in total. The van der Waals surface area contributed by atoms with E-state index in [1.165, 1.54) is 0 Å². The van der Waals surface area contributed by atoms with Gasteiger partial charge in [0.2, 0.25) is 0 Å². The molecule has 0 atom stereocenters. The third-order valence-corrected chi connectivity index (χ3v) is 2.78. The van der Waals surface area contributed by atoms with Crippen LogP contribution in [-0.2, 0) is 5.75 Å². The summed E-state index contributed by atoms with van der Waals surface area (Å²) in [6.07, 6.45) is 0.810. The van der Waals surface area contributed by atoms with Gasteiger partial charge in [-0.1, -0.05) is 11.6 Å². The summed E-state index contributed by atoms with van der Waals surface area (Å²) in [6, 6.07) is 1.74. The standard InChI is InChI=1S/C9H13ClN2OS/c1-7-5-8(10)12-9(11-7)6-14-4-2-3-13/h5,13H,2-4,6H2,1H3. The van der Waals surface area contributed by atoms with E-state index in [9.17, 15) is 0 Å². The number of aromatic nitrogens is 2. The molecule has 1 rings (SSSR count). The molecule has 0 saturated carbocycles. The zero-order valence-electron chi connectivity index (χ0n) is 8.03. The molecular weight excluding hydrogens is 220 g/mol. The molecule has 1 heterocycles. The predicted octanol–water partition coefficient (Wildman–Crippen LogP) is 2.05. The fraction of sp³-hybridized carbons (Fsp3) is 0.556. The summed E-state index contributed by atoms with van der Waals surface area (Å²) < 4.78 is 0. The molecular formula is C9H13ClN2OS. The Morgan fingerprint density at radius 2 is 2.29 bits per heavy atom. The minimum absolute atomic E-state index is 0.239. The Morgan fingerprint density at radius 1 is 1.50 bits per heavy atom. The fourth-order valence-corrected chi connectivity index (χ4v) is 2.03. The summed E-state index contributed by atoms with van der Waals surface area (Å²) in [5.74, 6) is 2.44. The number of halogens is 1. The molecule has 0 unspecified atom stereocenters. The van der Waals surface area contributed by atoms with Crippen molar-refractivity contribution >= 4 is 23.4 Å². The molecule has 0 aliphatic rings. The van der Waals surface area contributed by atoms with E-state index in [1.54, 1.807) is 17.8 Å². The zero-order chi connectivity index (χ0) is 10.4. The Balaban J connectivity index is 2.42. The molecule has 0 fully saturated rings. The van der Waals surface area contributed by atoms with Gasteiger partial charge >= 0.3 is 0 Å². The highest BCUT2D eigenvalue weighted by atomic mass is 35.5. The largest absolute Gasteiger partial charge is 0.396 e. The molecule has 0 bridgehead atoms. The van der Waals surface area contributed by atoms with Gasteiger partial charge in [0.15, 0.2) is 0 Å². The van der Waals surface area contributed by atoms with Gasteiger partial charge in [0.1, 0.15) is 11.0 Å². The van der Waals surface area contributed by atoms with E-state index in [4.69, 9.17) is 16.7 Å². The lowest BCUT2D eigenvalue weighted by atomic mass is 10.4. The van der Waals surface area contributed by atoms with Crippen LogP contribution in [0.15, 0.2) is 6.07 Å². The number of aryl methyl sites for hydroxylation is 1. The molecule has 0 spiro atoms. The van der Waals surface area contributed by atoms with Crippen molar-refractivity contribution in [3.8, 4) is 0 Å². The van der Waals surface area contributed by atoms with Gasteiger partial charge in [-0.15, -0.1) is 0 Å². The summed E-state index contributed by atoms with van der Waals surface area (Å²) in [7, 11) is 0. The molecule has 0 aliphatic heterocycles. The Kier molecular flexibility index (Phi) is 5.22. The highest BCUT2D eigenvalue weighted by Crippen LogP contribution is 2.12. The van der Waals surface area contributed by atoms with E-state index in [-0.39, 0.29) is 6.61 Å². The number of hydrogen-bond acceptors (Lipinski definition) is 4.